The molecule has 3 aromatic carbocycles. The quantitative estimate of drug-likeness (QED) is 0.332. The van der Waals surface area contributed by atoms with Crippen molar-refractivity contribution in [2.45, 2.75) is 31.8 Å². The number of nitrogens with zero attached hydrogens (tertiary/aromatic N) is 2. The number of carbonyl (C=O) groups excluding carboxylic acids is 2. The van der Waals surface area contributed by atoms with Gasteiger partial charge in [-0.25, -0.2) is 8.42 Å². The van der Waals surface area contributed by atoms with Crippen LogP contribution < -0.4 is 9.62 Å². The minimum atomic E-state index is -3.61. The van der Waals surface area contributed by atoms with Crippen molar-refractivity contribution in [1.29, 1.82) is 0 Å². The summed E-state index contributed by atoms with van der Waals surface area (Å²) in [6.45, 7) is 0.258. The van der Waals surface area contributed by atoms with Crippen molar-refractivity contribution in [2.75, 3.05) is 24.2 Å². The van der Waals surface area contributed by atoms with E-state index in [1.54, 1.807) is 47.4 Å². The molecule has 0 aliphatic heterocycles. The first kappa shape index (κ1) is 29.5. The number of sulfonamides is 1. The first-order valence-corrected chi connectivity index (χ1v) is 14.7. The maximum absolute atomic E-state index is 13.6. The minimum Gasteiger partial charge on any atom is -0.357 e. The monoisotopic (exact) mass is 575 g/mol. The number of amides is 2. The van der Waals surface area contributed by atoms with Gasteiger partial charge in [-0.05, 0) is 47.9 Å². The van der Waals surface area contributed by atoms with Crippen molar-refractivity contribution in [1.82, 2.24) is 10.2 Å². The molecule has 0 saturated carbocycles. The highest BCUT2D eigenvalue weighted by Crippen LogP contribution is 2.23. The Bertz CT molecular complexity index is 1350. The Labute approximate surface area is 234 Å². The van der Waals surface area contributed by atoms with Gasteiger partial charge in [-0.2, -0.15) is 0 Å². The minimum absolute atomic E-state index is 0.0371. The van der Waals surface area contributed by atoms with Crippen LogP contribution in [0.5, 0.6) is 0 Å². The molecule has 0 aliphatic carbocycles. The number of halogens is 2. The molecule has 0 aliphatic rings. The molecule has 38 heavy (non-hydrogen) atoms. The predicted molar refractivity (Wildman–Crippen MR) is 153 cm³/mol. The van der Waals surface area contributed by atoms with Crippen LogP contribution in [0.2, 0.25) is 10.0 Å². The van der Waals surface area contributed by atoms with E-state index in [4.69, 9.17) is 23.2 Å². The van der Waals surface area contributed by atoms with Crippen molar-refractivity contribution < 1.29 is 18.0 Å². The van der Waals surface area contributed by atoms with E-state index < -0.39 is 16.1 Å². The van der Waals surface area contributed by atoms with Crippen molar-refractivity contribution >= 4 is 50.7 Å². The summed E-state index contributed by atoms with van der Waals surface area (Å²) in [5.41, 5.74) is 2.12. The van der Waals surface area contributed by atoms with Crippen LogP contribution in [-0.2, 0) is 32.6 Å². The SMILES string of the molecule is CNC(=O)C(Cc1ccccc1)N(Cc1cccc(Cl)c1)C(=O)CCCN(c1cccc(Cl)c1)S(C)(=O)=O. The van der Waals surface area contributed by atoms with Crippen LogP contribution in [0.15, 0.2) is 78.9 Å². The number of hydrogen-bond donors (Lipinski definition) is 1. The predicted octanol–water partition coefficient (Wildman–Crippen LogP) is 4.93. The summed E-state index contributed by atoms with van der Waals surface area (Å²) in [6.07, 6.45) is 1.72. The second-order valence-corrected chi connectivity index (χ2v) is 11.7. The standard InChI is InChI=1S/C28H31Cl2N3O4S/c1-31-28(35)26(18-21-9-4-3-5-10-21)32(20-22-11-6-12-23(29)17-22)27(34)15-8-16-33(38(2,36)37)25-14-7-13-24(30)19-25/h3-7,9-14,17,19,26H,8,15-16,18,20H2,1-2H3,(H,31,35). The summed E-state index contributed by atoms with van der Waals surface area (Å²) in [5.74, 6) is -0.560. The Morgan fingerprint density at radius 2 is 1.53 bits per heavy atom. The molecule has 0 fully saturated rings. The topological polar surface area (TPSA) is 86.8 Å². The molecule has 3 aromatic rings. The highest BCUT2D eigenvalue weighted by atomic mass is 35.5. The van der Waals surface area contributed by atoms with E-state index in [-0.39, 0.29) is 37.7 Å². The molecule has 0 aromatic heterocycles. The van der Waals surface area contributed by atoms with Gasteiger partial charge in [0, 0.05) is 43.0 Å². The molecule has 2 amide bonds. The zero-order valence-corrected chi connectivity index (χ0v) is 23.6. The van der Waals surface area contributed by atoms with Crippen LogP contribution in [0.1, 0.15) is 24.0 Å². The zero-order chi connectivity index (χ0) is 27.7. The van der Waals surface area contributed by atoms with E-state index in [0.29, 0.717) is 22.2 Å². The molecule has 1 unspecified atom stereocenters. The lowest BCUT2D eigenvalue weighted by atomic mass is 10.0. The van der Waals surface area contributed by atoms with Crippen LogP contribution >= 0.6 is 23.2 Å². The fourth-order valence-electron chi connectivity index (χ4n) is 4.19. The zero-order valence-electron chi connectivity index (χ0n) is 21.3. The van der Waals surface area contributed by atoms with Crippen LogP contribution in [-0.4, -0.2) is 51.0 Å². The number of likely N-dealkylation sites (N-methyl/N-ethyl adjacent to an activating group) is 1. The van der Waals surface area contributed by atoms with E-state index in [0.717, 1.165) is 17.4 Å². The summed E-state index contributed by atoms with van der Waals surface area (Å²) in [4.78, 5) is 28.2. The molecular weight excluding hydrogens is 545 g/mol. The first-order chi connectivity index (χ1) is 18.1. The third kappa shape index (κ3) is 8.48. The second-order valence-electron chi connectivity index (χ2n) is 8.89. The molecule has 7 nitrogen and oxygen atoms in total. The van der Waals surface area contributed by atoms with E-state index in [1.165, 1.54) is 11.4 Å². The maximum Gasteiger partial charge on any atom is 0.242 e. The molecule has 1 N–H and O–H groups in total. The molecule has 0 bridgehead atoms. The smallest absolute Gasteiger partial charge is 0.242 e. The van der Waals surface area contributed by atoms with Crippen LogP contribution in [0.4, 0.5) is 5.69 Å². The number of nitrogens with one attached hydrogen (secondary N) is 1. The third-order valence-corrected chi connectivity index (χ3v) is 7.67. The van der Waals surface area contributed by atoms with E-state index in [2.05, 4.69) is 5.32 Å². The van der Waals surface area contributed by atoms with Gasteiger partial charge in [0.15, 0.2) is 0 Å². The van der Waals surface area contributed by atoms with Gasteiger partial charge in [-0.15, -0.1) is 0 Å². The number of anilines is 1. The molecule has 0 saturated heterocycles. The summed E-state index contributed by atoms with van der Waals surface area (Å²) in [6, 6.07) is 22.4. The molecular formula is C28H31Cl2N3O4S. The van der Waals surface area contributed by atoms with Crippen LogP contribution in [0.3, 0.4) is 0 Å². The average molecular weight is 577 g/mol. The summed E-state index contributed by atoms with van der Waals surface area (Å²) in [5, 5.41) is 3.62. The highest BCUT2D eigenvalue weighted by Gasteiger charge is 2.30. The largest absolute Gasteiger partial charge is 0.357 e. The normalized spacial score (nSPS) is 12.0. The Morgan fingerprint density at radius 1 is 0.895 bits per heavy atom. The van der Waals surface area contributed by atoms with Crippen LogP contribution in [0.25, 0.3) is 0 Å². The van der Waals surface area contributed by atoms with Crippen LogP contribution in [0, 0.1) is 0 Å². The second kappa shape index (κ2) is 13.6. The average Bonchev–Trinajstić information content (AvgIpc) is 2.88. The molecule has 0 heterocycles. The number of rotatable bonds is 12. The summed E-state index contributed by atoms with van der Waals surface area (Å²) >= 11 is 12.3. The molecule has 3 rings (SSSR count). The van der Waals surface area contributed by atoms with Crippen molar-refractivity contribution in [3.8, 4) is 0 Å². The Balaban J connectivity index is 1.84. The Morgan fingerprint density at radius 3 is 2.13 bits per heavy atom. The van der Waals surface area contributed by atoms with Gasteiger partial charge in [-0.1, -0.05) is 71.7 Å². The maximum atomic E-state index is 13.6. The lowest BCUT2D eigenvalue weighted by Gasteiger charge is -2.31. The van der Waals surface area contributed by atoms with E-state index >= 15 is 0 Å². The van der Waals surface area contributed by atoms with Gasteiger partial charge < -0.3 is 10.2 Å². The summed E-state index contributed by atoms with van der Waals surface area (Å²) in [7, 11) is -2.07. The van der Waals surface area contributed by atoms with Crippen molar-refractivity contribution in [3.05, 3.63) is 100 Å². The lowest BCUT2D eigenvalue weighted by Crippen LogP contribution is -2.49. The van der Waals surface area contributed by atoms with E-state index in [1.807, 2.05) is 36.4 Å². The number of benzene rings is 3. The third-order valence-electron chi connectivity index (χ3n) is 6.01. The van der Waals surface area contributed by atoms with Gasteiger partial charge in [0.05, 0.1) is 11.9 Å². The highest BCUT2D eigenvalue weighted by molar-refractivity contribution is 7.92. The van der Waals surface area contributed by atoms with E-state index in [9.17, 15) is 18.0 Å². The molecule has 0 radical (unpaired) electrons. The fraction of sp³-hybridized carbons (Fsp3) is 0.286. The van der Waals surface area contributed by atoms with Gasteiger partial charge in [0.2, 0.25) is 21.8 Å². The number of carbonyl (C=O) groups is 2. The van der Waals surface area contributed by atoms with Gasteiger partial charge in [-0.3, -0.25) is 13.9 Å². The molecule has 1 atom stereocenters. The molecule has 0 spiro atoms. The molecule has 10 heteroatoms. The first-order valence-electron chi connectivity index (χ1n) is 12.1. The van der Waals surface area contributed by atoms with Gasteiger partial charge in [0.1, 0.15) is 6.04 Å². The van der Waals surface area contributed by atoms with Crippen molar-refractivity contribution in [3.63, 3.8) is 0 Å². The Hall–Kier alpha value is -3.07. The van der Waals surface area contributed by atoms with Gasteiger partial charge >= 0.3 is 0 Å². The fourth-order valence-corrected chi connectivity index (χ4v) is 5.54. The van der Waals surface area contributed by atoms with Crippen molar-refractivity contribution in [2.24, 2.45) is 0 Å². The summed E-state index contributed by atoms with van der Waals surface area (Å²) < 4.78 is 26.2. The number of hydrogen-bond acceptors (Lipinski definition) is 4. The molecule has 202 valence electrons. The Kier molecular flexibility index (Phi) is 10.6. The van der Waals surface area contributed by atoms with Gasteiger partial charge in [0.25, 0.3) is 0 Å². The lowest BCUT2D eigenvalue weighted by molar-refractivity contribution is -0.141.